The summed E-state index contributed by atoms with van der Waals surface area (Å²) in [5.41, 5.74) is 0.777. The molecule has 1 aliphatic rings. The van der Waals surface area contributed by atoms with Gasteiger partial charge in [-0.2, -0.15) is 0 Å². The lowest BCUT2D eigenvalue weighted by atomic mass is 9.76. The summed E-state index contributed by atoms with van der Waals surface area (Å²) >= 11 is 5.96. The first-order chi connectivity index (χ1) is 9.33. The van der Waals surface area contributed by atoms with Crippen molar-refractivity contribution in [1.29, 1.82) is 0 Å². The molecular weight excluding hydrogens is 298 g/mol. The van der Waals surface area contributed by atoms with Crippen molar-refractivity contribution < 1.29 is 13.5 Å². The molecule has 0 spiro atoms. The summed E-state index contributed by atoms with van der Waals surface area (Å²) in [4.78, 5) is 0.161. The fourth-order valence-electron chi connectivity index (χ4n) is 2.62. The average Bonchev–Trinajstić information content (AvgIpc) is 2.36. The summed E-state index contributed by atoms with van der Waals surface area (Å²) in [6.45, 7) is 3.45. The molecule has 0 saturated heterocycles. The van der Waals surface area contributed by atoms with Crippen LogP contribution in [-0.2, 0) is 16.6 Å². The summed E-state index contributed by atoms with van der Waals surface area (Å²) in [5.74, 6) is 0. The van der Waals surface area contributed by atoms with Crippen molar-refractivity contribution in [3.63, 3.8) is 0 Å². The molecule has 112 valence electrons. The van der Waals surface area contributed by atoms with Crippen molar-refractivity contribution in [2.45, 2.75) is 56.6 Å². The Morgan fingerprint density at radius 2 is 2.05 bits per heavy atom. The van der Waals surface area contributed by atoms with Crippen LogP contribution in [0.1, 0.15) is 43.7 Å². The number of sulfonamides is 1. The van der Waals surface area contributed by atoms with E-state index in [1.807, 2.05) is 6.92 Å². The molecule has 4 nitrogen and oxygen atoms in total. The third-order valence-corrected chi connectivity index (χ3v) is 6.15. The number of benzene rings is 1. The van der Waals surface area contributed by atoms with Gasteiger partial charge in [-0.1, -0.05) is 18.5 Å². The van der Waals surface area contributed by atoms with Crippen LogP contribution in [0.5, 0.6) is 0 Å². The highest BCUT2D eigenvalue weighted by Crippen LogP contribution is 2.36. The summed E-state index contributed by atoms with van der Waals surface area (Å²) in [6.07, 6.45) is 3.57. The van der Waals surface area contributed by atoms with Gasteiger partial charge >= 0.3 is 0 Å². The van der Waals surface area contributed by atoms with E-state index < -0.39 is 10.0 Å². The summed E-state index contributed by atoms with van der Waals surface area (Å²) in [7, 11) is -3.62. The monoisotopic (exact) mass is 317 g/mol. The zero-order valence-corrected chi connectivity index (χ0v) is 13.3. The average molecular weight is 318 g/mol. The summed E-state index contributed by atoms with van der Waals surface area (Å²) < 4.78 is 28.0. The van der Waals surface area contributed by atoms with Gasteiger partial charge in [0.2, 0.25) is 10.0 Å². The molecule has 6 heteroatoms. The van der Waals surface area contributed by atoms with Gasteiger partial charge < -0.3 is 5.11 Å². The maximum atomic E-state index is 12.6. The van der Waals surface area contributed by atoms with E-state index in [0.717, 1.165) is 25.7 Å². The van der Waals surface area contributed by atoms with Gasteiger partial charge in [-0.3, -0.25) is 0 Å². The Labute approximate surface area is 125 Å². The lowest BCUT2D eigenvalue weighted by Crippen LogP contribution is -2.52. The SMILES string of the molecule is CCC1(NS(=O)(=O)c2cc(Cl)cc(CO)c2C)CCC1. The minimum atomic E-state index is -3.62. The highest BCUT2D eigenvalue weighted by atomic mass is 35.5. The van der Waals surface area contributed by atoms with Crippen LogP contribution in [-0.4, -0.2) is 19.1 Å². The molecule has 1 aromatic rings. The van der Waals surface area contributed by atoms with Crippen LogP contribution in [0.25, 0.3) is 0 Å². The predicted octanol–water partition coefficient (Wildman–Crippen LogP) is 2.75. The third kappa shape index (κ3) is 2.86. The molecule has 2 N–H and O–H groups in total. The molecule has 20 heavy (non-hydrogen) atoms. The van der Waals surface area contributed by atoms with Gasteiger partial charge in [-0.15, -0.1) is 0 Å². The molecule has 0 amide bonds. The second-order valence-corrected chi connectivity index (χ2v) is 7.53. The second-order valence-electron chi connectivity index (χ2n) is 5.44. The highest BCUT2D eigenvalue weighted by Gasteiger charge is 2.39. The van der Waals surface area contributed by atoms with Gasteiger partial charge in [0.05, 0.1) is 11.5 Å². The molecule has 2 rings (SSSR count). The molecule has 1 aliphatic carbocycles. The fraction of sp³-hybridized carbons (Fsp3) is 0.571. The standard InChI is InChI=1S/C14H20ClNO3S/c1-3-14(5-4-6-14)16-20(18,19)13-8-12(15)7-11(9-17)10(13)2/h7-8,16-17H,3-6,9H2,1-2H3. The molecule has 0 aliphatic heterocycles. The van der Waals surface area contributed by atoms with E-state index in [0.29, 0.717) is 16.1 Å². The Morgan fingerprint density at radius 1 is 1.40 bits per heavy atom. The quantitative estimate of drug-likeness (QED) is 0.877. The lowest BCUT2D eigenvalue weighted by molar-refractivity contribution is 0.214. The highest BCUT2D eigenvalue weighted by molar-refractivity contribution is 7.89. The van der Waals surface area contributed by atoms with Crippen LogP contribution in [0.3, 0.4) is 0 Å². The van der Waals surface area contributed by atoms with E-state index in [1.165, 1.54) is 6.07 Å². The normalized spacial score (nSPS) is 17.8. The number of rotatable bonds is 5. The minimum Gasteiger partial charge on any atom is -0.392 e. The Hall–Kier alpha value is -0.620. The number of halogens is 1. The number of aliphatic hydroxyl groups is 1. The van der Waals surface area contributed by atoms with Gasteiger partial charge in [0, 0.05) is 10.6 Å². The minimum absolute atomic E-state index is 0.161. The molecular formula is C14H20ClNO3S. The molecule has 0 heterocycles. The van der Waals surface area contributed by atoms with Crippen molar-refractivity contribution in [3.05, 3.63) is 28.3 Å². The molecule has 0 atom stereocenters. The van der Waals surface area contributed by atoms with Crippen LogP contribution in [0.2, 0.25) is 5.02 Å². The van der Waals surface area contributed by atoms with Gasteiger partial charge in [0.15, 0.2) is 0 Å². The fourth-order valence-corrected chi connectivity index (χ4v) is 4.77. The van der Waals surface area contributed by atoms with E-state index in [9.17, 15) is 13.5 Å². The second kappa shape index (κ2) is 5.64. The van der Waals surface area contributed by atoms with E-state index in [-0.39, 0.29) is 17.0 Å². The van der Waals surface area contributed by atoms with Gasteiger partial charge in [-0.05, 0) is 55.9 Å². The number of hydrogen-bond donors (Lipinski definition) is 2. The summed E-state index contributed by atoms with van der Waals surface area (Å²) in [6, 6.07) is 3.04. The largest absolute Gasteiger partial charge is 0.392 e. The number of aliphatic hydroxyl groups excluding tert-OH is 1. The van der Waals surface area contributed by atoms with Crippen molar-refractivity contribution in [1.82, 2.24) is 4.72 Å². The lowest BCUT2D eigenvalue weighted by Gasteiger charge is -2.41. The Balaban J connectivity index is 2.42. The van der Waals surface area contributed by atoms with E-state index in [4.69, 9.17) is 11.6 Å². The van der Waals surface area contributed by atoms with Crippen LogP contribution >= 0.6 is 11.6 Å². The molecule has 0 bridgehead atoms. The van der Waals surface area contributed by atoms with Crippen molar-refractivity contribution in [3.8, 4) is 0 Å². The van der Waals surface area contributed by atoms with Gasteiger partial charge in [0.25, 0.3) is 0 Å². The first kappa shape index (κ1) is 15.8. The van der Waals surface area contributed by atoms with Crippen molar-refractivity contribution in [2.75, 3.05) is 0 Å². The maximum absolute atomic E-state index is 12.6. The van der Waals surface area contributed by atoms with E-state index in [2.05, 4.69) is 4.72 Å². The predicted molar refractivity (Wildman–Crippen MR) is 79.3 cm³/mol. The zero-order valence-electron chi connectivity index (χ0n) is 11.7. The molecule has 0 unspecified atom stereocenters. The summed E-state index contributed by atoms with van der Waals surface area (Å²) in [5, 5.41) is 9.61. The first-order valence-electron chi connectivity index (χ1n) is 6.77. The Kier molecular flexibility index (Phi) is 4.44. The third-order valence-electron chi connectivity index (χ3n) is 4.23. The molecule has 1 aromatic carbocycles. The smallest absolute Gasteiger partial charge is 0.241 e. The van der Waals surface area contributed by atoms with Gasteiger partial charge in [-0.25, -0.2) is 13.1 Å². The van der Waals surface area contributed by atoms with Crippen molar-refractivity contribution >= 4 is 21.6 Å². The van der Waals surface area contributed by atoms with E-state index in [1.54, 1.807) is 13.0 Å². The van der Waals surface area contributed by atoms with Crippen LogP contribution in [0.15, 0.2) is 17.0 Å². The molecule has 0 radical (unpaired) electrons. The number of nitrogens with one attached hydrogen (secondary N) is 1. The zero-order chi connectivity index (χ0) is 15.0. The van der Waals surface area contributed by atoms with Crippen LogP contribution < -0.4 is 4.72 Å². The Morgan fingerprint density at radius 3 is 2.50 bits per heavy atom. The van der Waals surface area contributed by atoms with E-state index >= 15 is 0 Å². The van der Waals surface area contributed by atoms with Crippen LogP contribution in [0, 0.1) is 6.92 Å². The van der Waals surface area contributed by atoms with Crippen LogP contribution in [0.4, 0.5) is 0 Å². The molecule has 1 fully saturated rings. The molecule has 0 aromatic heterocycles. The maximum Gasteiger partial charge on any atom is 0.241 e. The van der Waals surface area contributed by atoms with Crippen molar-refractivity contribution in [2.24, 2.45) is 0 Å². The van der Waals surface area contributed by atoms with Gasteiger partial charge in [0.1, 0.15) is 0 Å². The topological polar surface area (TPSA) is 66.4 Å². The number of hydrogen-bond acceptors (Lipinski definition) is 3. The Bertz CT molecular complexity index is 604. The molecule has 1 saturated carbocycles. The first-order valence-corrected chi connectivity index (χ1v) is 8.63.